The van der Waals surface area contributed by atoms with Gasteiger partial charge in [0.15, 0.2) is 0 Å². The summed E-state index contributed by atoms with van der Waals surface area (Å²) >= 11 is 0. The van der Waals surface area contributed by atoms with Crippen LogP contribution in [0.25, 0.3) is 0 Å². The maximum atomic E-state index is 13.0. The van der Waals surface area contributed by atoms with Gasteiger partial charge < -0.3 is 9.64 Å². The first-order chi connectivity index (χ1) is 14.4. The van der Waals surface area contributed by atoms with Crippen LogP contribution in [0.3, 0.4) is 0 Å². The summed E-state index contributed by atoms with van der Waals surface area (Å²) in [5, 5.41) is 0. The van der Waals surface area contributed by atoms with E-state index in [-0.39, 0.29) is 16.8 Å². The topological polar surface area (TPSA) is 66.9 Å². The van der Waals surface area contributed by atoms with Crippen LogP contribution < -0.4 is 9.64 Å². The van der Waals surface area contributed by atoms with Crippen molar-refractivity contribution in [1.82, 2.24) is 4.31 Å². The molecular formula is C23H28N2O4S. The van der Waals surface area contributed by atoms with Gasteiger partial charge in [-0.25, -0.2) is 8.42 Å². The Morgan fingerprint density at radius 2 is 1.87 bits per heavy atom. The highest BCUT2D eigenvalue weighted by atomic mass is 32.2. The first-order valence-electron chi connectivity index (χ1n) is 10.5. The molecule has 2 aliphatic rings. The van der Waals surface area contributed by atoms with Crippen molar-refractivity contribution in [2.24, 2.45) is 0 Å². The fraction of sp³-hybridized carbons (Fsp3) is 0.435. The van der Waals surface area contributed by atoms with Crippen molar-refractivity contribution in [2.75, 3.05) is 25.1 Å². The van der Waals surface area contributed by atoms with Gasteiger partial charge >= 0.3 is 0 Å². The molecule has 6 nitrogen and oxygen atoms in total. The fourth-order valence-electron chi connectivity index (χ4n) is 4.50. The molecule has 0 unspecified atom stereocenters. The Kier molecular flexibility index (Phi) is 5.84. The minimum atomic E-state index is -3.51. The van der Waals surface area contributed by atoms with Gasteiger partial charge in [-0.2, -0.15) is 4.31 Å². The minimum absolute atomic E-state index is 0.0438. The fourth-order valence-corrected chi connectivity index (χ4v) is 6.06. The number of carbonyl (C=O) groups is 1. The highest BCUT2D eigenvalue weighted by molar-refractivity contribution is 7.89. The molecule has 0 spiro atoms. The molecule has 0 radical (unpaired) electrons. The first-order valence-corrected chi connectivity index (χ1v) is 11.9. The molecule has 1 saturated heterocycles. The zero-order valence-electron chi connectivity index (χ0n) is 17.5. The summed E-state index contributed by atoms with van der Waals surface area (Å²) in [6.07, 6.45) is 3.37. The third kappa shape index (κ3) is 3.84. The van der Waals surface area contributed by atoms with Crippen LogP contribution >= 0.6 is 0 Å². The van der Waals surface area contributed by atoms with Gasteiger partial charge in [0.2, 0.25) is 15.9 Å². The zero-order valence-corrected chi connectivity index (χ0v) is 18.3. The number of benzene rings is 2. The number of aryl methyl sites for hydroxylation is 1. The number of nitrogens with zero attached hydrogens (tertiary/aromatic N) is 2. The van der Waals surface area contributed by atoms with Crippen molar-refractivity contribution >= 4 is 21.6 Å². The maximum absolute atomic E-state index is 13.0. The van der Waals surface area contributed by atoms with E-state index >= 15 is 0 Å². The van der Waals surface area contributed by atoms with E-state index in [1.54, 1.807) is 25.3 Å². The zero-order chi connectivity index (χ0) is 21.3. The SMILES string of the molecule is COc1ccc(S(=O)(=O)N2CCCC2)cc1CCC(=O)N1c2ccccc2C[C@@H]1C. The lowest BCUT2D eigenvalue weighted by Crippen LogP contribution is -2.35. The molecule has 160 valence electrons. The highest BCUT2D eigenvalue weighted by Crippen LogP contribution is 2.33. The Morgan fingerprint density at radius 3 is 2.60 bits per heavy atom. The highest BCUT2D eigenvalue weighted by Gasteiger charge is 2.31. The van der Waals surface area contributed by atoms with Crippen molar-refractivity contribution in [1.29, 1.82) is 0 Å². The van der Waals surface area contributed by atoms with E-state index in [0.717, 1.165) is 30.5 Å². The molecule has 4 rings (SSSR count). The molecule has 2 aromatic carbocycles. The van der Waals surface area contributed by atoms with Crippen LogP contribution in [0, 0.1) is 0 Å². The summed E-state index contributed by atoms with van der Waals surface area (Å²) in [6, 6.07) is 13.1. The number of para-hydroxylation sites is 1. The Balaban J connectivity index is 1.54. The molecule has 30 heavy (non-hydrogen) atoms. The van der Waals surface area contributed by atoms with Gasteiger partial charge in [-0.3, -0.25) is 4.79 Å². The second kappa shape index (κ2) is 8.40. The van der Waals surface area contributed by atoms with Gasteiger partial charge in [-0.1, -0.05) is 18.2 Å². The van der Waals surface area contributed by atoms with Crippen LogP contribution in [0.2, 0.25) is 0 Å². The molecule has 7 heteroatoms. The summed E-state index contributed by atoms with van der Waals surface area (Å²) < 4.78 is 32.8. The van der Waals surface area contributed by atoms with Gasteiger partial charge in [0.25, 0.3) is 0 Å². The second-order valence-corrected chi connectivity index (χ2v) is 9.97. The Morgan fingerprint density at radius 1 is 1.13 bits per heavy atom. The van der Waals surface area contributed by atoms with E-state index in [1.807, 2.05) is 23.1 Å². The number of hydrogen-bond donors (Lipinski definition) is 0. The predicted octanol–water partition coefficient (Wildman–Crippen LogP) is 3.39. The summed E-state index contributed by atoms with van der Waals surface area (Å²) in [7, 11) is -1.94. The molecule has 2 aliphatic heterocycles. The number of fused-ring (bicyclic) bond motifs is 1. The molecule has 1 amide bonds. The van der Waals surface area contributed by atoms with Crippen LogP contribution in [0.15, 0.2) is 47.4 Å². The number of hydrogen-bond acceptors (Lipinski definition) is 4. The van der Waals surface area contributed by atoms with Crippen LogP contribution in [0.5, 0.6) is 5.75 Å². The average Bonchev–Trinajstić information content (AvgIpc) is 3.39. The number of anilines is 1. The van der Waals surface area contributed by atoms with E-state index in [4.69, 9.17) is 4.74 Å². The molecule has 0 aromatic heterocycles. The van der Waals surface area contributed by atoms with Gasteiger partial charge in [0, 0.05) is 31.2 Å². The number of ether oxygens (including phenoxy) is 1. The molecule has 0 saturated carbocycles. The van der Waals surface area contributed by atoms with Crippen LogP contribution in [-0.2, 0) is 27.7 Å². The lowest BCUT2D eigenvalue weighted by molar-refractivity contribution is -0.118. The first kappa shape index (κ1) is 20.9. The van der Waals surface area contributed by atoms with Crippen molar-refractivity contribution in [3.63, 3.8) is 0 Å². The largest absolute Gasteiger partial charge is 0.496 e. The Hall–Kier alpha value is -2.38. The van der Waals surface area contributed by atoms with E-state index in [0.29, 0.717) is 31.7 Å². The van der Waals surface area contributed by atoms with Gasteiger partial charge in [0.05, 0.1) is 12.0 Å². The number of sulfonamides is 1. The normalized spacial score (nSPS) is 19.1. The molecule has 1 fully saturated rings. The van der Waals surface area contributed by atoms with E-state index in [1.165, 1.54) is 9.87 Å². The van der Waals surface area contributed by atoms with E-state index in [2.05, 4.69) is 13.0 Å². The number of rotatable bonds is 6. The number of amides is 1. The second-order valence-electron chi connectivity index (χ2n) is 8.03. The van der Waals surface area contributed by atoms with Crippen LogP contribution in [-0.4, -0.2) is 44.9 Å². The van der Waals surface area contributed by atoms with Crippen molar-refractivity contribution in [3.05, 3.63) is 53.6 Å². The van der Waals surface area contributed by atoms with Crippen molar-refractivity contribution < 1.29 is 17.9 Å². The number of methoxy groups -OCH3 is 1. The van der Waals surface area contributed by atoms with E-state index in [9.17, 15) is 13.2 Å². The Labute approximate surface area is 178 Å². The summed E-state index contributed by atoms with van der Waals surface area (Å²) in [5.74, 6) is 0.653. The monoisotopic (exact) mass is 428 g/mol. The van der Waals surface area contributed by atoms with Gasteiger partial charge in [0.1, 0.15) is 5.75 Å². The van der Waals surface area contributed by atoms with Crippen LogP contribution in [0.4, 0.5) is 5.69 Å². The molecule has 0 N–H and O–H groups in total. The number of carbonyl (C=O) groups excluding carboxylic acids is 1. The Bertz CT molecular complexity index is 1040. The third-order valence-corrected chi connectivity index (χ3v) is 7.93. The molecule has 0 bridgehead atoms. The average molecular weight is 429 g/mol. The predicted molar refractivity (Wildman–Crippen MR) is 116 cm³/mol. The smallest absolute Gasteiger partial charge is 0.243 e. The molecular weight excluding hydrogens is 400 g/mol. The van der Waals surface area contributed by atoms with Gasteiger partial charge in [-0.15, -0.1) is 0 Å². The summed E-state index contributed by atoms with van der Waals surface area (Å²) in [5.41, 5.74) is 2.91. The molecule has 1 atom stereocenters. The lowest BCUT2D eigenvalue weighted by Gasteiger charge is -2.23. The molecule has 2 aromatic rings. The van der Waals surface area contributed by atoms with Crippen molar-refractivity contribution in [3.8, 4) is 5.75 Å². The standard InChI is InChI=1S/C23H28N2O4S/c1-17-15-18-7-3-4-8-21(18)25(17)23(26)12-9-19-16-20(10-11-22(19)29-2)30(27,28)24-13-5-6-14-24/h3-4,7-8,10-11,16-17H,5-6,9,12-15H2,1-2H3/t17-/m0/s1. The summed E-state index contributed by atoms with van der Waals surface area (Å²) in [4.78, 5) is 15.2. The van der Waals surface area contributed by atoms with Crippen LogP contribution in [0.1, 0.15) is 37.3 Å². The minimum Gasteiger partial charge on any atom is -0.496 e. The lowest BCUT2D eigenvalue weighted by atomic mass is 10.1. The molecule has 2 heterocycles. The maximum Gasteiger partial charge on any atom is 0.243 e. The third-order valence-electron chi connectivity index (χ3n) is 6.04. The van der Waals surface area contributed by atoms with Crippen molar-refractivity contribution in [2.45, 2.75) is 50.0 Å². The quantitative estimate of drug-likeness (QED) is 0.707. The molecule has 0 aliphatic carbocycles. The van der Waals surface area contributed by atoms with E-state index < -0.39 is 10.0 Å². The van der Waals surface area contributed by atoms with Gasteiger partial charge in [-0.05, 0) is 68.0 Å². The summed E-state index contributed by atoms with van der Waals surface area (Å²) in [6.45, 7) is 3.19.